The highest BCUT2D eigenvalue weighted by Crippen LogP contribution is 2.35. The van der Waals surface area contributed by atoms with Gasteiger partial charge in [0.05, 0.1) is 36.5 Å². The van der Waals surface area contributed by atoms with E-state index in [1.54, 1.807) is 0 Å². The number of aliphatic hydroxyl groups is 1. The predicted octanol–water partition coefficient (Wildman–Crippen LogP) is 1.07. The van der Waals surface area contributed by atoms with Gasteiger partial charge in [0.15, 0.2) is 0 Å². The highest BCUT2D eigenvalue weighted by Gasteiger charge is 2.32. The highest BCUT2D eigenvalue weighted by atomic mass is 16.3. The molecule has 3 rings (SSSR count). The number of aromatic nitrogens is 3. The van der Waals surface area contributed by atoms with Gasteiger partial charge < -0.3 is 5.11 Å². The van der Waals surface area contributed by atoms with Crippen molar-refractivity contribution in [1.29, 1.82) is 5.26 Å². The van der Waals surface area contributed by atoms with Gasteiger partial charge in [-0.1, -0.05) is 5.21 Å². The van der Waals surface area contributed by atoms with E-state index < -0.39 is 0 Å². The Bertz CT molecular complexity index is 468. The summed E-state index contributed by atoms with van der Waals surface area (Å²) in [6.07, 6.45) is 5.76. The zero-order valence-electron chi connectivity index (χ0n) is 10.4. The van der Waals surface area contributed by atoms with Crippen molar-refractivity contribution in [2.75, 3.05) is 0 Å². The molecule has 0 bridgehead atoms. The zero-order valence-corrected chi connectivity index (χ0v) is 10.4. The topological polar surface area (TPSA) is 74.7 Å². The van der Waals surface area contributed by atoms with Gasteiger partial charge in [-0.05, 0) is 43.9 Å². The Labute approximate surface area is 106 Å². The SMILES string of the molecule is N#CCc1nnn(CC(O)C2CC2)c1CC1CC1. The molecule has 0 amide bonds. The summed E-state index contributed by atoms with van der Waals surface area (Å²) >= 11 is 0. The van der Waals surface area contributed by atoms with Crippen LogP contribution in [-0.2, 0) is 19.4 Å². The molecule has 1 unspecified atom stereocenters. The Morgan fingerprint density at radius 1 is 1.39 bits per heavy atom. The van der Waals surface area contributed by atoms with E-state index >= 15 is 0 Å². The van der Waals surface area contributed by atoms with Crippen LogP contribution in [0.3, 0.4) is 0 Å². The second kappa shape index (κ2) is 4.69. The van der Waals surface area contributed by atoms with Crippen LogP contribution in [0.4, 0.5) is 0 Å². The summed E-state index contributed by atoms with van der Waals surface area (Å²) in [5, 5.41) is 27.0. The molecule has 1 heterocycles. The Morgan fingerprint density at radius 3 is 2.78 bits per heavy atom. The van der Waals surface area contributed by atoms with Crippen molar-refractivity contribution >= 4 is 0 Å². The molecule has 0 radical (unpaired) electrons. The standard InChI is InChI=1S/C13H18N4O/c14-6-5-11-12(7-9-1-2-9)17(16-15-11)8-13(18)10-3-4-10/h9-10,13,18H,1-5,7-8H2. The number of aliphatic hydroxyl groups excluding tert-OH is 1. The van der Waals surface area contributed by atoms with Crippen LogP contribution >= 0.6 is 0 Å². The molecule has 1 N–H and O–H groups in total. The van der Waals surface area contributed by atoms with Crippen LogP contribution in [0.5, 0.6) is 0 Å². The average Bonchev–Trinajstić information content (AvgIpc) is 3.24. The molecule has 0 aromatic carbocycles. The van der Waals surface area contributed by atoms with Crippen LogP contribution in [0, 0.1) is 23.2 Å². The Kier molecular flexibility index (Phi) is 3.04. The van der Waals surface area contributed by atoms with Crippen molar-refractivity contribution in [2.24, 2.45) is 11.8 Å². The molecule has 2 aliphatic carbocycles. The molecular formula is C13H18N4O. The zero-order chi connectivity index (χ0) is 12.5. The second-order valence-electron chi connectivity index (χ2n) is 5.55. The van der Waals surface area contributed by atoms with Crippen molar-refractivity contribution in [3.8, 4) is 6.07 Å². The van der Waals surface area contributed by atoms with E-state index in [0.717, 1.165) is 36.6 Å². The van der Waals surface area contributed by atoms with Gasteiger partial charge in [-0.15, -0.1) is 5.10 Å². The number of nitriles is 1. The molecule has 5 heteroatoms. The molecule has 0 spiro atoms. The fraction of sp³-hybridized carbons (Fsp3) is 0.769. The first kappa shape index (κ1) is 11.7. The van der Waals surface area contributed by atoms with Gasteiger partial charge in [0, 0.05) is 0 Å². The third-order valence-electron chi connectivity index (χ3n) is 3.87. The number of rotatable bonds is 6. The lowest BCUT2D eigenvalue weighted by molar-refractivity contribution is 0.125. The van der Waals surface area contributed by atoms with Gasteiger partial charge in [0.25, 0.3) is 0 Å². The smallest absolute Gasteiger partial charge is 0.0999 e. The molecule has 5 nitrogen and oxygen atoms in total. The minimum Gasteiger partial charge on any atom is -0.391 e. The van der Waals surface area contributed by atoms with Crippen molar-refractivity contribution < 1.29 is 5.11 Å². The van der Waals surface area contributed by atoms with E-state index in [1.807, 2.05) is 4.68 Å². The van der Waals surface area contributed by atoms with E-state index in [1.165, 1.54) is 12.8 Å². The molecule has 18 heavy (non-hydrogen) atoms. The molecule has 1 aromatic rings. The van der Waals surface area contributed by atoms with E-state index in [2.05, 4.69) is 16.4 Å². The van der Waals surface area contributed by atoms with E-state index in [0.29, 0.717) is 18.9 Å². The van der Waals surface area contributed by atoms with Crippen molar-refractivity contribution in [1.82, 2.24) is 15.0 Å². The van der Waals surface area contributed by atoms with E-state index in [4.69, 9.17) is 5.26 Å². The van der Waals surface area contributed by atoms with E-state index in [-0.39, 0.29) is 6.10 Å². The normalized spacial score (nSPS) is 20.7. The molecule has 2 saturated carbocycles. The first-order valence-electron chi connectivity index (χ1n) is 6.74. The van der Waals surface area contributed by atoms with Crippen molar-refractivity contribution in [3.05, 3.63) is 11.4 Å². The minimum absolute atomic E-state index is 0.306. The first-order chi connectivity index (χ1) is 8.78. The predicted molar refractivity (Wildman–Crippen MR) is 64.5 cm³/mol. The molecule has 1 atom stereocenters. The maximum atomic E-state index is 10.0. The van der Waals surface area contributed by atoms with Gasteiger partial charge in [-0.3, -0.25) is 0 Å². The molecule has 2 aliphatic rings. The number of hydrogen-bond donors (Lipinski definition) is 1. The lowest BCUT2D eigenvalue weighted by Crippen LogP contribution is -2.21. The summed E-state index contributed by atoms with van der Waals surface area (Å²) < 4.78 is 1.83. The quantitative estimate of drug-likeness (QED) is 0.814. The van der Waals surface area contributed by atoms with Gasteiger partial charge in [-0.25, -0.2) is 4.68 Å². The van der Waals surface area contributed by atoms with Crippen LogP contribution in [0.2, 0.25) is 0 Å². The molecule has 96 valence electrons. The van der Waals surface area contributed by atoms with Gasteiger partial charge in [-0.2, -0.15) is 5.26 Å². The fourth-order valence-corrected chi connectivity index (χ4v) is 2.35. The minimum atomic E-state index is -0.306. The Morgan fingerprint density at radius 2 is 2.17 bits per heavy atom. The molecule has 2 fully saturated rings. The summed E-state index contributed by atoms with van der Waals surface area (Å²) in [7, 11) is 0. The molecule has 1 aromatic heterocycles. The van der Waals surface area contributed by atoms with Crippen molar-refractivity contribution in [3.63, 3.8) is 0 Å². The third kappa shape index (κ3) is 2.54. The fourth-order valence-electron chi connectivity index (χ4n) is 2.35. The first-order valence-corrected chi connectivity index (χ1v) is 6.74. The summed E-state index contributed by atoms with van der Waals surface area (Å²) in [4.78, 5) is 0. The summed E-state index contributed by atoms with van der Waals surface area (Å²) in [6, 6.07) is 2.14. The highest BCUT2D eigenvalue weighted by molar-refractivity contribution is 5.16. The maximum Gasteiger partial charge on any atom is 0.0999 e. The molecule has 0 aliphatic heterocycles. The van der Waals surface area contributed by atoms with Gasteiger partial charge >= 0.3 is 0 Å². The van der Waals surface area contributed by atoms with Crippen LogP contribution in [-0.4, -0.2) is 26.2 Å². The molecular weight excluding hydrogens is 228 g/mol. The van der Waals surface area contributed by atoms with Crippen molar-refractivity contribution in [2.45, 2.75) is 51.2 Å². The number of nitrogens with zero attached hydrogens (tertiary/aromatic N) is 4. The maximum absolute atomic E-state index is 10.0. The molecule has 0 saturated heterocycles. The van der Waals surface area contributed by atoms with Crippen LogP contribution in [0.15, 0.2) is 0 Å². The van der Waals surface area contributed by atoms with Crippen LogP contribution in [0.25, 0.3) is 0 Å². The lowest BCUT2D eigenvalue weighted by Gasteiger charge is -2.11. The Balaban J connectivity index is 1.75. The van der Waals surface area contributed by atoms with Crippen LogP contribution < -0.4 is 0 Å². The monoisotopic (exact) mass is 246 g/mol. The van der Waals surface area contributed by atoms with E-state index in [9.17, 15) is 5.11 Å². The van der Waals surface area contributed by atoms with Crippen LogP contribution in [0.1, 0.15) is 37.1 Å². The largest absolute Gasteiger partial charge is 0.391 e. The number of hydrogen-bond acceptors (Lipinski definition) is 4. The lowest BCUT2D eigenvalue weighted by atomic mass is 10.1. The van der Waals surface area contributed by atoms with Gasteiger partial charge in [0.1, 0.15) is 0 Å². The van der Waals surface area contributed by atoms with Gasteiger partial charge in [0.2, 0.25) is 0 Å². The third-order valence-corrected chi connectivity index (χ3v) is 3.87. The second-order valence-corrected chi connectivity index (χ2v) is 5.55. The summed E-state index contributed by atoms with van der Waals surface area (Å²) in [5.41, 5.74) is 1.87. The summed E-state index contributed by atoms with van der Waals surface area (Å²) in [5.74, 6) is 1.18. The Hall–Kier alpha value is -1.41. The summed E-state index contributed by atoms with van der Waals surface area (Å²) in [6.45, 7) is 0.533. The average molecular weight is 246 g/mol.